The quantitative estimate of drug-likeness (QED) is 0.140. The zero-order valence-corrected chi connectivity index (χ0v) is 38.0. The molecule has 2 nitrogen and oxygen atoms in total. The number of anilines is 3. The molecular formula is C65H44N2S. The molecule has 68 heavy (non-hydrogen) atoms. The number of hydrogen-bond donors (Lipinski definition) is 0. The molecule has 0 spiro atoms. The highest BCUT2D eigenvalue weighted by Gasteiger charge is 2.48. The first kappa shape index (κ1) is 39.8. The van der Waals surface area contributed by atoms with Gasteiger partial charge in [0, 0.05) is 32.5 Å². The highest BCUT2D eigenvalue weighted by molar-refractivity contribution is 7.19. The van der Waals surface area contributed by atoms with Crippen LogP contribution in [-0.2, 0) is 5.41 Å². The number of fused-ring (bicyclic) bond motifs is 6. The van der Waals surface area contributed by atoms with Crippen molar-refractivity contribution >= 4 is 49.5 Å². The van der Waals surface area contributed by atoms with Gasteiger partial charge < -0.3 is 9.47 Å². The van der Waals surface area contributed by atoms with E-state index in [1.807, 2.05) is 11.3 Å². The summed E-state index contributed by atoms with van der Waals surface area (Å²) in [6, 6.07) is 97.9. The Labute approximate surface area is 400 Å². The summed E-state index contributed by atoms with van der Waals surface area (Å²) in [5, 5.41) is 3.62. The Morgan fingerprint density at radius 1 is 0.368 bits per heavy atom. The summed E-state index contributed by atoms with van der Waals surface area (Å²) >= 11 is 1.81. The molecule has 0 saturated heterocycles. The number of nitrogens with zero attached hydrogens (tertiary/aromatic N) is 2. The van der Waals surface area contributed by atoms with Gasteiger partial charge in [-0.1, -0.05) is 206 Å². The molecule has 0 saturated carbocycles. The minimum atomic E-state index is -0.539. The van der Waals surface area contributed by atoms with Crippen molar-refractivity contribution in [3.05, 3.63) is 289 Å². The molecule has 0 amide bonds. The van der Waals surface area contributed by atoms with Gasteiger partial charge in [0.1, 0.15) is 5.00 Å². The second kappa shape index (κ2) is 16.4. The van der Waals surface area contributed by atoms with Crippen LogP contribution < -0.4 is 4.90 Å². The van der Waals surface area contributed by atoms with Crippen molar-refractivity contribution < 1.29 is 0 Å². The van der Waals surface area contributed by atoms with Crippen molar-refractivity contribution in [1.82, 2.24) is 4.57 Å². The maximum atomic E-state index is 2.53. The molecule has 3 heteroatoms. The lowest BCUT2D eigenvalue weighted by atomic mass is 9.67. The Kier molecular flexibility index (Phi) is 9.62. The number of hydrogen-bond acceptors (Lipinski definition) is 2. The molecule has 1 aliphatic rings. The summed E-state index contributed by atoms with van der Waals surface area (Å²) in [6.45, 7) is 0. The molecule has 0 unspecified atom stereocenters. The maximum Gasteiger partial charge on any atom is 0.101 e. The first-order chi connectivity index (χ1) is 33.8. The summed E-state index contributed by atoms with van der Waals surface area (Å²) < 4.78 is 2.53. The van der Waals surface area contributed by atoms with Crippen molar-refractivity contribution in [3.8, 4) is 49.5 Å². The Hall–Kier alpha value is -8.50. The minimum Gasteiger partial charge on any atom is -0.309 e. The molecule has 0 atom stereocenters. The molecule has 0 fully saturated rings. The lowest BCUT2D eigenvalue weighted by Gasteiger charge is -2.35. The molecule has 0 radical (unpaired) electrons. The smallest absolute Gasteiger partial charge is 0.101 e. The number of benzene rings is 10. The van der Waals surface area contributed by atoms with Gasteiger partial charge in [0.05, 0.1) is 27.8 Å². The average molecular weight is 885 g/mol. The summed E-state index contributed by atoms with van der Waals surface area (Å²) in [4.78, 5) is 3.65. The fourth-order valence-electron chi connectivity index (χ4n) is 11.0. The Bertz CT molecular complexity index is 3750. The van der Waals surface area contributed by atoms with Crippen molar-refractivity contribution in [1.29, 1.82) is 0 Å². The Morgan fingerprint density at radius 2 is 0.941 bits per heavy atom. The van der Waals surface area contributed by atoms with E-state index in [2.05, 4.69) is 276 Å². The normalized spacial score (nSPS) is 12.5. The van der Waals surface area contributed by atoms with Crippen LogP contribution in [0, 0.1) is 0 Å². The van der Waals surface area contributed by atoms with E-state index >= 15 is 0 Å². The van der Waals surface area contributed by atoms with Gasteiger partial charge in [-0.05, 0) is 111 Å². The van der Waals surface area contributed by atoms with Gasteiger partial charge in [-0.3, -0.25) is 0 Å². The standard InChI is InChI=1S/C65H44N2S/c1-5-21-45(22-6-1)62-41-42-63(68-62)66(51-29-11-4-12-30-51)58-36-17-14-31-52(58)48-24-19-23-46(43-48)47-39-40-60-56(44-47)54-33-15-18-37-59(54)67(60)61-38-20-34-55-53-32-13-16-35-57(53)65(64(55)61,49-25-7-2-8-26-49)50-27-9-3-10-28-50/h1-44H. The van der Waals surface area contributed by atoms with E-state index in [1.54, 1.807) is 0 Å². The highest BCUT2D eigenvalue weighted by atomic mass is 32.1. The van der Waals surface area contributed by atoms with Crippen LogP contribution in [0.4, 0.5) is 16.4 Å². The van der Waals surface area contributed by atoms with Crippen molar-refractivity contribution in [2.24, 2.45) is 0 Å². The SMILES string of the molecule is c1ccc(-c2ccc(N(c3ccccc3)c3ccccc3-c3cccc(-c4ccc5c(c4)c4ccccc4n5-c4cccc5c4C(c4ccccc4)(c4ccccc4)c4ccccc4-5)c3)s2)cc1. The number of aromatic nitrogens is 1. The van der Waals surface area contributed by atoms with Gasteiger partial charge in [0.2, 0.25) is 0 Å². The van der Waals surface area contributed by atoms with Crippen LogP contribution in [0.15, 0.2) is 267 Å². The fraction of sp³-hybridized carbons (Fsp3) is 0.0154. The van der Waals surface area contributed by atoms with Crippen LogP contribution in [-0.4, -0.2) is 4.57 Å². The molecule has 10 aromatic carbocycles. The largest absolute Gasteiger partial charge is 0.309 e. The van der Waals surface area contributed by atoms with Crippen LogP contribution in [0.25, 0.3) is 71.3 Å². The van der Waals surface area contributed by atoms with E-state index in [4.69, 9.17) is 0 Å². The van der Waals surface area contributed by atoms with Crippen LogP contribution >= 0.6 is 11.3 Å². The van der Waals surface area contributed by atoms with Crippen LogP contribution in [0.3, 0.4) is 0 Å². The van der Waals surface area contributed by atoms with Gasteiger partial charge in [0.15, 0.2) is 0 Å². The second-order valence-electron chi connectivity index (χ2n) is 17.6. The van der Waals surface area contributed by atoms with E-state index in [9.17, 15) is 0 Å². The number of rotatable bonds is 9. The Balaban J connectivity index is 0.965. The van der Waals surface area contributed by atoms with Crippen molar-refractivity contribution in [2.45, 2.75) is 5.41 Å². The molecule has 0 N–H and O–H groups in total. The molecule has 13 rings (SSSR count). The van der Waals surface area contributed by atoms with E-state index in [0.29, 0.717) is 0 Å². The topological polar surface area (TPSA) is 8.17 Å². The lowest BCUT2D eigenvalue weighted by molar-refractivity contribution is 0.762. The number of thiophene rings is 1. The van der Waals surface area contributed by atoms with E-state index < -0.39 is 5.41 Å². The fourth-order valence-corrected chi connectivity index (χ4v) is 12.1. The minimum absolute atomic E-state index is 0.539. The summed E-state index contributed by atoms with van der Waals surface area (Å²) in [5.41, 5.74) is 18.9. The maximum absolute atomic E-state index is 2.53. The van der Waals surface area contributed by atoms with Crippen LogP contribution in [0.5, 0.6) is 0 Å². The third-order valence-electron chi connectivity index (χ3n) is 13.9. The molecule has 12 aromatic rings. The molecular weight excluding hydrogens is 841 g/mol. The van der Waals surface area contributed by atoms with Crippen LogP contribution in [0.2, 0.25) is 0 Å². The zero-order valence-electron chi connectivity index (χ0n) is 37.2. The van der Waals surface area contributed by atoms with Gasteiger partial charge in [-0.2, -0.15) is 0 Å². The van der Waals surface area contributed by atoms with Crippen molar-refractivity contribution in [3.63, 3.8) is 0 Å². The van der Waals surface area contributed by atoms with E-state index in [1.165, 1.54) is 98.6 Å². The van der Waals surface area contributed by atoms with Crippen LogP contribution in [0.1, 0.15) is 22.3 Å². The predicted molar refractivity (Wildman–Crippen MR) is 287 cm³/mol. The molecule has 1 aliphatic carbocycles. The summed E-state index contributed by atoms with van der Waals surface area (Å²) in [5.74, 6) is 0. The summed E-state index contributed by atoms with van der Waals surface area (Å²) in [6.07, 6.45) is 0. The molecule has 2 aromatic heterocycles. The lowest BCUT2D eigenvalue weighted by Crippen LogP contribution is -2.29. The van der Waals surface area contributed by atoms with Crippen molar-refractivity contribution in [2.75, 3.05) is 4.90 Å². The van der Waals surface area contributed by atoms with Gasteiger partial charge in [-0.25, -0.2) is 0 Å². The second-order valence-corrected chi connectivity index (χ2v) is 18.6. The van der Waals surface area contributed by atoms with E-state index in [-0.39, 0.29) is 0 Å². The first-order valence-corrected chi connectivity index (χ1v) is 24.2. The predicted octanol–water partition coefficient (Wildman–Crippen LogP) is 17.7. The molecule has 2 heterocycles. The molecule has 0 bridgehead atoms. The monoisotopic (exact) mass is 884 g/mol. The average Bonchev–Trinajstić information content (AvgIpc) is 4.12. The molecule has 320 valence electrons. The third-order valence-corrected chi connectivity index (χ3v) is 15.0. The van der Waals surface area contributed by atoms with Gasteiger partial charge in [-0.15, -0.1) is 11.3 Å². The first-order valence-electron chi connectivity index (χ1n) is 23.3. The highest BCUT2D eigenvalue weighted by Crippen LogP contribution is 2.58. The van der Waals surface area contributed by atoms with Gasteiger partial charge in [0.25, 0.3) is 0 Å². The van der Waals surface area contributed by atoms with E-state index in [0.717, 1.165) is 11.4 Å². The summed E-state index contributed by atoms with van der Waals surface area (Å²) in [7, 11) is 0. The third kappa shape index (κ3) is 6.31. The Morgan fingerprint density at radius 3 is 1.72 bits per heavy atom. The number of para-hydroxylation sites is 3. The van der Waals surface area contributed by atoms with Gasteiger partial charge >= 0.3 is 0 Å². The molecule has 0 aliphatic heterocycles. The zero-order chi connectivity index (χ0) is 45.0.